The van der Waals surface area contributed by atoms with Crippen molar-refractivity contribution in [1.82, 2.24) is 9.80 Å². The maximum Gasteiger partial charge on any atom is 0.252 e. The zero-order valence-electron chi connectivity index (χ0n) is 13.6. The molecule has 1 aromatic carbocycles. The zero-order valence-corrected chi connectivity index (χ0v) is 13.6. The molecule has 2 fully saturated rings. The minimum Gasteiger partial charge on any atom is -0.368 e. The van der Waals surface area contributed by atoms with Crippen molar-refractivity contribution in [1.29, 1.82) is 0 Å². The maximum atomic E-state index is 12.8. The van der Waals surface area contributed by atoms with Gasteiger partial charge in [-0.3, -0.25) is 4.79 Å². The number of benzene rings is 1. The standard InChI is InChI=1S/C18H26N2O2/c1-19(2)15-10-11-20(18(21)17-9-6-12-22-17)16(15)13-14-7-4-3-5-8-14/h3-5,7-8,15-17H,6,9-13H2,1-2H3/t15-,16+,17-/m1/s1. The quantitative estimate of drug-likeness (QED) is 0.852. The first-order valence-electron chi connectivity index (χ1n) is 8.29. The lowest BCUT2D eigenvalue weighted by Crippen LogP contribution is -2.48. The van der Waals surface area contributed by atoms with Gasteiger partial charge < -0.3 is 14.5 Å². The summed E-state index contributed by atoms with van der Waals surface area (Å²) in [5.74, 6) is 0.197. The first-order chi connectivity index (χ1) is 10.7. The van der Waals surface area contributed by atoms with E-state index in [0.29, 0.717) is 6.04 Å². The number of rotatable bonds is 4. The number of hydrogen-bond acceptors (Lipinski definition) is 3. The van der Waals surface area contributed by atoms with Gasteiger partial charge in [0.15, 0.2) is 0 Å². The van der Waals surface area contributed by atoms with Gasteiger partial charge in [-0.05, 0) is 45.3 Å². The molecule has 0 aliphatic carbocycles. The Hall–Kier alpha value is -1.39. The van der Waals surface area contributed by atoms with Gasteiger partial charge >= 0.3 is 0 Å². The van der Waals surface area contributed by atoms with E-state index in [1.807, 2.05) is 6.07 Å². The number of likely N-dealkylation sites (tertiary alicyclic amines) is 1. The van der Waals surface area contributed by atoms with Crippen LogP contribution in [0.15, 0.2) is 30.3 Å². The van der Waals surface area contributed by atoms with Gasteiger partial charge in [-0.2, -0.15) is 0 Å². The summed E-state index contributed by atoms with van der Waals surface area (Å²) in [7, 11) is 4.23. The third-order valence-electron chi connectivity index (χ3n) is 4.95. The highest BCUT2D eigenvalue weighted by Gasteiger charge is 2.41. The van der Waals surface area contributed by atoms with E-state index in [4.69, 9.17) is 4.74 Å². The van der Waals surface area contributed by atoms with Crippen molar-refractivity contribution in [2.45, 2.75) is 43.9 Å². The molecule has 2 aliphatic heterocycles. The van der Waals surface area contributed by atoms with E-state index in [9.17, 15) is 4.79 Å². The van der Waals surface area contributed by atoms with Crippen LogP contribution in [0.1, 0.15) is 24.8 Å². The Morgan fingerprint density at radius 3 is 2.68 bits per heavy atom. The zero-order chi connectivity index (χ0) is 15.5. The van der Waals surface area contributed by atoms with Gasteiger partial charge in [0, 0.05) is 19.2 Å². The summed E-state index contributed by atoms with van der Waals surface area (Å²) in [6.45, 7) is 1.57. The Labute approximate surface area is 133 Å². The van der Waals surface area contributed by atoms with Gasteiger partial charge in [-0.15, -0.1) is 0 Å². The molecule has 2 saturated heterocycles. The molecule has 0 N–H and O–H groups in total. The lowest BCUT2D eigenvalue weighted by atomic mass is 9.99. The second-order valence-corrected chi connectivity index (χ2v) is 6.61. The largest absolute Gasteiger partial charge is 0.368 e. The van der Waals surface area contributed by atoms with Crippen molar-refractivity contribution in [3.63, 3.8) is 0 Å². The molecule has 0 bridgehead atoms. The number of nitrogens with zero attached hydrogens (tertiary/aromatic N) is 2. The molecule has 4 nitrogen and oxygen atoms in total. The highest BCUT2D eigenvalue weighted by Crippen LogP contribution is 2.27. The van der Waals surface area contributed by atoms with Crippen LogP contribution in [-0.4, -0.2) is 61.1 Å². The second kappa shape index (κ2) is 6.80. The smallest absolute Gasteiger partial charge is 0.252 e. The fourth-order valence-electron chi connectivity index (χ4n) is 3.77. The van der Waals surface area contributed by atoms with E-state index in [-0.39, 0.29) is 18.1 Å². The molecule has 2 aliphatic rings. The fraction of sp³-hybridized carbons (Fsp3) is 0.611. The summed E-state index contributed by atoms with van der Waals surface area (Å²) >= 11 is 0. The van der Waals surface area contributed by atoms with Crippen LogP contribution in [-0.2, 0) is 16.0 Å². The number of carbonyl (C=O) groups is 1. The minimum atomic E-state index is -0.209. The van der Waals surface area contributed by atoms with Crippen molar-refractivity contribution in [3.05, 3.63) is 35.9 Å². The third-order valence-corrected chi connectivity index (χ3v) is 4.95. The van der Waals surface area contributed by atoms with Gasteiger partial charge in [0.25, 0.3) is 5.91 Å². The SMILES string of the molecule is CN(C)[C@@H]1CCN(C(=O)[C@H]2CCCO2)[C@H]1Cc1ccccc1. The summed E-state index contributed by atoms with van der Waals surface area (Å²) in [4.78, 5) is 17.1. The van der Waals surface area contributed by atoms with Crippen LogP contribution in [0.2, 0.25) is 0 Å². The summed E-state index contributed by atoms with van der Waals surface area (Å²) in [6.07, 6.45) is 3.63. The number of hydrogen-bond donors (Lipinski definition) is 0. The van der Waals surface area contributed by atoms with Crippen molar-refractivity contribution >= 4 is 5.91 Å². The lowest BCUT2D eigenvalue weighted by molar-refractivity contribution is -0.142. The predicted octanol–water partition coefficient (Wildman–Crippen LogP) is 1.94. The molecule has 3 rings (SSSR count). The van der Waals surface area contributed by atoms with E-state index in [1.54, 1.807) is 0 Å². The first-order valence-corrected chi connectivity index (χ1v) is 8.29. The molecule has 0 saturated carbocycles. The third kappa shape index (κ3) is 3.18. The van der Waals surface area contributed by atoms with E-state index in [0.717, 1.165) is 38.8 Å². The molecule has 0 spiro atoms. The van der Waals surface area contributed by atoms with E-state index in [2.05, 4.69) is 48.2 Å². The van der Waals surface area contributed by atoms with Crippen LogP contribution in [0.25, 0.3) is 0 Å². The summed E-state index contributed by atoms with van der Waals surface area (Å²) in [6, 6.07) is 11.2. The molecule has 4 heteroatoms. The number of ether oxygens (including phenoxy) is 1. The van der Waals surface area contributed by atoms with Crippen LogP contribution < -0.4 is 0 Å². The average Bonchev–Trinajstić information content (AvgIpc) is 3.17. The minimum absolute atomic E-state index is 0.197. The molecule has 1 amide bonds. The molecule has 2 heterocycles. The van der Waals surface area contributed by atoms with Crippen LogP contribution in [0.4, 0.5) is 0 Å². The lowest BCUT2D eigenvalue weighted by Gasteiger charge is -2.32. The van der Waals surface area contributed by atoms with Gasteiger partial charge in [0.05, 0.1) is 6.04 Å². The molecular formula is C18H26N2O2. The number of amides is 1. The molecule has 22 heavy (non-hydrogen) atoms. The molecular weight excluding hydrogens is 276 g/mol. The maximum absolute atomic E-state index is 12.8. The topological polar surface area (TPSA) is 32.8 Å². The van der Waals surface area contributed by atoms with Crippen LogP contribution in [0, 0.1) is 0 Å². The first kappa shape index (κ1) is 15.5. The van der Waals surface area contributed by atoms with E-state index in [1.165, 1.54) is 5.56 Å². The van der Waals surface area contributed by atoms with Crippen molar-refractivity contribution in [2.75, 3.05) is 27.2 Å². The Balaban J connectivity index is 1.77. The Morgan fingerprint density at radius 2 is 2.05 bits per heavy atom. The number of carbonyl (C=O) groups excluding carboxylic acids is 1. The van der Waals surface area contributed by atoms with Gasteiger partial charge in [-0.25, -0.2) is 0 Å². The summed E-state index contributed by atoms with van der Waals surface area (Å²) < 4.78 is 5.62. The molecule has 0 radical (unpaired) electrons. The molecule has 0 unspecified atom stereocenters. The Morgan fingerprint density at radius 1 is 1.27 bits per heavy atom. The average molecular weight is 302 g/mol. The van der Waals surface area contributed by atoms with Crippen LogP contribution >= 0.6 is 0 Å². The van der Waals surface area contributed by atoms with Gasteiger partial charge in [0.2, 0.25) is 0 Å². The molecule has 3 atom stereocenters. The van der Waals surface area contributed by atoms with Gasteiger partial charge in [-0.1, -0.05) is 30.3 Å². The second-order valence-electron chi connectivity index (χ2n) is 6.61. The normalized spacial score (nSPS) is 28.5. The Kier molecular flexibility index (Phi) is 4.79. The fourth-order valence-corrected chi connectivity index (χ4v) is 3.77. The highest BCUT2D eigenvalue weighted by molar-refractivity contribution is 5.82. The Bertz CT molecular complexity index is 497. The van der Waals surface area contributed by atoms with Crippen molar-refractivity contribution in [2.24, 2.45) is 0 Å². The van der Waals surface area contributed by atoms with Crippen molar-refractivity contribution < 1.29 is 9.53 Å². The van der Waals surface area contributed by atoms with Crippen molar-refractivity contribution in [3.8, 4) is 0 Å². The summed E-state index contributed by atoms with van der Waals surface area (Å²) in [5.41, 5.74) is 1.30. The highest BCUT2D eigenvalue weighted by atomic mass is 16.5. The molecule has 120 valence electrons. The predicted molar refractivity (Wildman–Crippen MR) is 86.7 cm³/mol. The number of likely N-dealkylation sites (N-methyl/N-ethyl adjacent to an activating group) is 1. The van der Waals surface area contributed by atoms with E-state index < -0.39 is 0 Å². The monoisotopic (exact) mass is 302 g/mol. The van der Waals surface area contributed by atoms with Crippen LogP contribution in [0.5, 0.6) is 0 Å². The molecule has 1 aromatic rings. The van der Waals surface area contributed by atoms with Gasteiger partial charge in [0.1, 0.15) is 6.10 Å². The molecule has 0 aromatic heterocycles. The summed E-state index contributed by atoms with van der Waals surface area (Å²) in [5, 5.41) is 0. The van der Waals surface area contributed by atoms with Crippen LogP contribution in [0.3, 0.4) is 0 Å². The van der Waals surface area contributed by atoms with E-state index >= 15 is 0 Å².